The van der Waals surface area contributed by atoms with Crippen molar-refractivity contribution in [1.82, 2.24) is 9.78 Å². The van der Waals surface area contributed by atoms with Crippen LogP contribution >= 0.6 is 0 Å². The number of benzene rings is 1. The third-order valence-corrected chi connectivity index (χ3v) is 4.35. The standard InChI is InChI=1S/C17H23N3/c1-13-17-15(10-11-18)8-5-9-16(17)20(19-13)12-14-6-3-2-4-7-14/h2-4,6-7,15H,5,8-12,18H2,1H3. The second-order valence-electron chi connectivity index (χ2n) is 5.76. The van der Waals surface area contributed by atoms with Crippen molar-refractivity contribution in [2.45, 2.75) is 45.1 Å². The third-order valence-electron chi connectivity index (χ3n) is 4.35. The first-order chi connectivity index (χ1) is 9.79. The maximum atomic E-state index is 5.77. The Labute approximate surface area is 120 Å². The Morgan fingerprint density at radius 2 is 2.10 bits per heavy atom. The summed E-state index contributed by atoms with van der Waals surface area (Å²) in [4.78, 5) is 0. The summed E-state index contributed by atoms with van der Waals surface area (Å²) in [6, 6.07) is 10.6. The van der Waals surface area contributed by atoms with E-state index in [4.69, 9.17) is 10.8 Å². The zero-order valence-electron chi connectivity index (χ0n) is 12.2. The fourth-order valence-electron chi connectivity index (χ4n) is 3.48. The van der Waals surface area contributed by atoms with Crippen LogP contribution in [0.5, 0.6) is 0 Å². The SMILES string of the molecule is Cc1nn(Cc2ccccc2)c2c1C(CCN)CCC2. The summed E-state index contributed by atoms with van der Waals surface area (Å²) >= 11 is 0. The summed E-state index contributed by atoms with van der Waals surface area (Å²) in [6.45, 7) is 3.80. The van der Waals surface area contributed by atoms with Gasteiger partial charge < -0.3 is 5.73 Å². The van der Waals surface area contributed by atoms with E-state index < -0.39 is 0 Å². The summed E-state index contributed by atoms with van der Waals surface area (Å²) in [6.07, 6.45) is 4.77. The topological polar surface area (TPSA) is 43.8 Å². The highest BCUT2D eigenvalue weighted by atomic mass is 15.3. The van der Waals surface area contributed by atoms with Gasteiger partial charge in [-0.2, -0.15) is 5.10 Å². The number of aryl methyl sites for hydroxylation is 1. The molecule has 1 heterocycles. The summed E-state index contributed by atoms with van der Waals surface area (Å²) < 4.78 is 2.21. The van der Waals surface area contributed by atoms with Gasteiger partial charge in [0.15, 0.2) is 0 Å². The molecule has 0 fully saturated rings. The summed E-state index contributed by atoms with van der Waals surface area (Å²) in [5.74, 6) is 0.619. The molecule has 0 aliphatic heterocycles. The molecule has 20 heavy (non-hydrogen) atoms. The molecule has 1 aliphatic carbocycles. The van der Waals surface area contributed by atoms with Gasteiger partial charge in [-0.1, -0.05) is 30.3 Å². The maximum absolute atomic E-state index is 5.77. The van der Waals surface area contributed by atoms with Crippen LogP contribution in [0.2, 0.25) is 0 Å². The van der Waals surface area contributed by atoms with Crippen LogP contribution in [0.4, 0.5) is 0 Å². The normalized spacial score (nSPS) is 18.0. The van der Waals surface area contributed by atoms with E-state index in [2.05, 4.69) is 41.9 Å². The number of fused-ring (bicyclic) bond motifs is 1. The van der Waals surface area contributed by atoms with Gasteiger partial charge in [0.25, 0.3) is 0 Å². The lowest BCUT2D eigenvalue weighted by molar-refractivity contribution is 0.505. The van der Waals surface area contributed by atoms with Crippen LogP contribution < -0.4 is 5.73 Å². The fourth-order valence-corrected chi connectivity index (χ4v) is 3.48. The smallest absolute Gasteiger partial charge is 0.0662 e. The second-order valence-corrected chi connectivity index (χ2v) is 5.76. The maximum Gasteiger partial charge on any atom is 0.0662 e. The van der Waals surface area contributed by atoms with Crippen molar-refractivity contribution in [3.05, 3.63) is 52.8 Å². The molecular weight excluding hydrogens is 246 g/mol. The molecule has 0 saturated heterocycles. The predicted octanol–water partition coefficient (Wildman–Crippen LogP) is 3.01. The van der Waals surface area contributed by atoms with E-state index in [0.717, 1.165) is 25.9 Å². The lowest BCUT2D eigenvalue weighted by atomic mass is 9.83. The Balaban J connectivity index is 1.92. The lowest BCUT2D eigenvalue weighted by Crippen LogP contribution is -2.16. The Morgan fingerprint density at radius 3 is 2.85 bits per heavy atom. The highest BCUT2D eigenvalue weighted by molar-refractivity contribution is 5.32. The minimum absolute atomic E-state index is 0.619. The molecule has 0 bridgehead atoms. The Kier molecular flexibility index (Phi) is 3.88. The lowest BCUT2D eigenvalue weighted by Gasteiger charge is -2.23. The van der Waals surface area contributed by atoms with Gasteiger partial charge in [-0.25, -0.2) is 0 Å². The second kappa shape index (κ2) is 5.80. The van der Waals surface area contributed by atoms with Gasteiger partial charge in [-0.05, 0) is 56.2 Å². The minimum Gasteiger partial charge on any atom is -0.330 e. The number of aromatic nitrogens is 2. The minimum atomic E-state index is 0.619. The number of nitrogens with two attached hydrogens (primary N) is 1. The molecule has 1 unspecified atom stereocenters. The quantitative estimate of drug-likeness (QED) is 0.927. The molecule has 1 aliphatic rings. The van der Waals surface area contributed by atoms with Crippen LogP contribution in [0, 0.1) is 6.92 Å². The molecule has 3 nitrogen and oxygen atoms in total. The van der Waals surface area contributed by atoms with Crippen LogP contribution in [0.1, 0.15) is 47.7 Å². The number of hydrogen-bond donors (Lipinski definition) is 1. The molecular formula is C17H23N3. The molecule has 1 aromatic carbocycles. The van der Waals surface area contributed by atoms with Crippen molar-refractivity contribution in [2.75, 3.05) is 6.54 Å². The highest BCUT2D eigenvalue weighted by Gasteiger charge is 2.26. The van der Waals surface area contributed by atoms with E-state index in [1.165, 1.54) is 35.4 Å². The van der Waals surface area contributed by atoms with E-state index in [9.17, 15) is 0 Å². The van der Waals surface area contributed by atoms with Crippen LogP contribution in [0.15, 0.2) is 30.3 Å². The van der Waals surface area contributed by atoms with E-state index in [0.29, 0.717) is 5.92 Å². The molecule has 106 valence electrons. The van der Waals surface area contributed by atoms with Crippen LogP contribution in [0.25, 0.3) is 0 Å². The molecule has 2 N–H and O–H groups in total. The van der Waals surface area contributed by atoms with Gasteiger partial charge in [0.05, 0.1) is 12.2 Å². The summed E-state index contributed by atoms with van der Waals surface area (Å²) in [7, 11) is 0. The first-order valence-corrected chi connectivity index (χ1v) is 7.59. The monoisotopic (exact) mass is 269 g/mol. The van der Waals surface area contributed by atoms with E-state index in [1.807, 2.05) is 0 Å². The Hall–Kier alpha value is -1.61. The van der Waals surface area contributed by atoms with Crippen molar-refractivity contribution >= 4 is 0 Å². The molecule has 3 rings (SSSR count). The predicted molar refractivity (Wildman–Crippen MR) is 81.9 cm³/mol. The first-order valence-electron chi connectivity index (χ1n) is 7.59. The molecule has 0 spiro atoms. The van der Waals surface area contributed by atoms with Crippen molar-refractivity contribution in [3.63, 3.8) is 0 Å². The highest BCUT2D eigenvalue weighted by Crippen LogP contribution is 2.36. The Bertz CT molecular complexity index is 571. The van der Waals surface area contributed by atoms with Gasteiger partial charge in [0, 0.05) is 5.69 Å². The summed E-state index contributed by atoms with van der Waals surface area (Å²) in [5, 5.41) is 4.80. The van der Waals surface area contributed by atoms with Gasteiger partial charge in [-0.15, -0.1) is 0 Å². The van der Waals surface area contributed by atoms with Crippen molar-refractivity contribution in [1.29, 1.82) is 0 Å². The molecule has 1 atom stereocenters. The summed E-state index contributed by atoms with van der Waals surface area (Å²) in [5.41, 5.74) is 11.2. The van der Waals surface area contributed by atoms with Crippen LogP contribution in [-0.2, 0) is 13.0 Å². The largest absolute Gasteiger partial charge is 0.330 e. The average molecular weight is 269 g/mol. The van der Waals surface area contributed by atoms with E-state index in [1.54, 1.807) is 0 Å². The number of nitrogens with zero attached hydrogens (tertiary/aromatic N) is 2. The average Bonchev–Trinajstić information content (AvgIpc) is 2.78. The number of hydrogen-bond acceptors (Lipinski definition) is 2. The van der Waals surface area contributed by atoms with Crippen LogP contribution in [-0.4, -0.2) is 16.3 Å². The fraction of sp³-hybridized carbons (Fsp3) is 0.471. The van der Waals surface area contributed by atoms with Gasteiger partial charge in [0.1, 0.15) is 0 Å². The molecule has 0 radical (unpaired) electrons. The molecule has 0 saturated carbocycles. The van der Waals surface area contributed by atoms with Gasteiger partial charge >= 0.3 is 0 Å². The third kappa shape index (κ3) is 2.50. The number of rotatable bonds is 4. The molecule has 1 aromatic heterocycles. The molecule has 3 heteroatoms. The van der Waals surface area contributed by atoms with Crippen LogP contribution in [0.3, 0.4) is 0 Å². The van der Waals surface area contributed by atoms with Gasteiger partial charge in [0.2, 0.25) is 0 Å². The van der Waals surface area contributed by atoms with Crippen molar-refractivity contribution in [3.8, 4) is 0 Å². The first kappa shape index (κ1) is 13.4. The zero-order valence-corrected chi connectivity index (χ0v) is 12.2. The van der Waals surface area contributed by atoms with E-state index >= 15 is 0 Å². The van der Waals surface area contributed by atoms with Crippen molar-refractivity contribution < 1.29 is 0 Å². The van der Waals surface area contributed by atoms with E-state index in [-0.39, 0.29) is 0 Å². The molecule has 0 amide bonds. The van der Waals surface area contributed by atoms with Gasteiger partial charge in [-0.3, -0.25) is 4.68 Å². The Morgan fingerprint density at radius 1 is 1.30 bits per heavy atom. The zero-order chi connectivity index (χ0) is 13.9. The van der Waals surface area contributed by atoms with Crippen molar-refractivity contribution in [2.24, 2.45) is 5.73 Å². The molecule has 2 aromatic rings.